The van der Waals surface area contributed by atoms with Crippen molar-refractivity contribution < 1.29 is 4.79 Å². The molecule has 106 valence electrons. The number of hydrogen-bond donors (Lipinski definition) is 2. The first-order chi connectivity index (χ1) is 9.60. The van der Waals surface area contributed by atoms with E-state index in [-0.39, 0.29) is 5.91 Å². The number of amides is 1. The summed E-state index contributed by atoms with van der Waals surface area (Å²) < 4.78 is 0. The fraction of sp³-hybridized carbons (Fsp3) is 0.333. The summed E-state index contributed by atoms with van der Waals surface area (Å²) in [6.07, 6.45) is 0.709. The zero-order valence-corrected chi connectivity index (χ0v) is 12.5. The Morgan fingerprint density at radius 3 is 2.95 bits per heavy atom. The SMILES string of the molecule is CC(C)c1cccc(NC(=O)c2csc(CCN)n2)c1. The van der Waals surface area contributed by atoms with Crippen molar-refractivity contribution in [3.8, 4) is 0 Å². The number of nitrogens with two attached hydrogens (primary N) is 1. The molecule has 0 saturated heterocycles. The highest BCUT2D eigenvalue weighted by atomic mass is 32.1. The van der Waals surface area contributed by atoms with Gasteiger partial charge in [0.25, 0.3) is 5.91 Å². The molecule has 0 aliphatic rings. The highest BCUT2D eigenvalue weighted by Gasteiger charge is 2.11. The zero-order valence-electron chi connectivity index (χ0n) is 11.7. The summed E-state index contributed by atoms with van der Waals surface area (Å²) in [5.74, 6) is 0.257. The van der Waals surface area contributed by atoms with E-state index in [9.17, 15) is 4.79 Å². The summed E-state index contributed by atoms with van der Waals surface area (Å²) >= 11 is 1.47. The quantitative estimate of drug-likeness (QED) is 0.889. The molecule has 20 heavy (non-hydrogen) atoms. The van der Waals surface area contributed by atoms with Crippen molar-refractivity contribution in [1.82, 2.24) is 4.98 Å². The Labute approximate surface area is 123 Å². The second-order valence-corrected chi connectivity index (χ2v) is 5.84. The van der Waals surface area contributed by atoms with Crippen LogP contribution in [-0.2, 0) is 6.42 Å². The van der Waals surface area contributed by atoms with Crippen LogP contribution in [0.15, 0.2) is 29.6 Å². The standard InChI is InChI=1S/C15H19N3OS/c1-10(2)11-4-3-5-12(8-11)17-15(19)13-9-20-14(18-13)6-7-16/h3-5,8-10H,6-7,16H2,1-2H3,(H,17,19). The van der Waals surface area contributed by atoms with Crippen LogP contribution >= 0.6 is 11.3 Å². The van der Waals surface area contributed by atoms with Crippen molar-refractivity contribution in [1.29, 1.82) is 0 Å². The third-order valence-corrected chi connectivity index (χ3v) is 3.86. The van der Waals surface area contributed by atoms with E-state index in [4.69, 9.17) is 5.73 Å². The summed E-state index contributed by atoms with van der Waals surface area (Å²) in [5, 5.41) is 5.55. The van der Waals surface area contributed by atoms with Crippen molar-refractivity contribution in [3.05, 3.63) is 45.9 Å². The van der Waals surface area contributed by atoms with Gasteiger partial charge in [-0.3, -0.25) is 4.79 Å². The zero-order chi connectivity index (χ0) is 14.5. The fourth-order valence-corrected chi connectivity index (χ4v) is 2.62. The van der Waals surface area contributed by atoms with Crippen LogP contribution in [0, 0.1) is 0 Å². The molecule has 5 heteroatoms. The van der Waals surface area contributed by atoms with Crippen LogP contribution < -0.4 is 11.1 Å². The number of anilines is 1. The number of carbonyl (C=O) groups excluding carboxylic acids is 1. The number of hydrogen-bond acceptors (Lipinski definition) is 4. The van der Waals surface area contributed by atoms with Gasteiger partial charge in [-0.2, -0.15) is 0 Å². The van der Waals surface area contributed by atoms with Crippen LogP contribution in [0.4, 0.5) is 5.69 Å². The van der Waals surface area contributed by atoms with E-state index in [1.807, 2.05) is 18.2 Å². The van der Waals surface area contributed by atoms with E-state index in [1.165, 1.54) is 16.9 Å². The first kappa shape index (κ1) is 14.7. The molecule has 1 aromatic carbocycles. The minimum atomic E-state index is -0.176. The van der Waals surface area contributed by atoms with Gasteiger partial charge in [0.1, 0.15) is 5.69 Å². The highest BCUT2D eigenvalue weighted by molar-refractivity contribution is 7.09. The fourth-order valence-electron chi connectivity index (χ4n) is 1.82. The van der Waals surface area contributed by atoms with Crippen LogP contribution in [0.3, 0.4) is 0 Å². The number of rotatable bonds is 5. The number of nitrogens with zero attached hydrogens (tertiary/aromatic N) is 1. The molecule has 3 N–H and O–H groups in total. The average Bonchev–Trinajstić information content (AvgIpc) is 2.88. The van der Waals surface area contributed by atoms with Gasteiger partial charge in [0, 0.05) is 17.5 Å². The molecule has 0 unspecified atom stereocenters. The molecule has 0 fully saturated rings. The molecule has 0 saturated carbocycles. The van der Waals surface area contributed by atoms with E-state index >= 15 is 0 Å². The lowest BCUT2D eigenvalue weighted by Gasteiger charge is -2.08. The Morgan fingerprint density at radius 1 is 1.45 bits per heavy atom. The molecule has 2 rings (SSSR count). The lowest BCUT2D eigenvalue weighted by molar-refractivity contribution is 0.102. The van der Waals surface area contributed by atoms with Crippen molar-refractivity contribution in [3.63, 3.8) is 0 Å². The first-order valence-corrected chi connectivity index (χ1v) is 7.54. The molecule has 1 amide bonds. The Morgan fingerprint density at radius 2 is 2.25 bits per heavy atom. The maximum absolute atomic E-state index is 12.1. The second kappa shape index (κ2) is 6.63. The maximum atomic E-state index is 12.1. The number of carbonyl (C=O) groups is 1. The minimum absolute atomic E-state index is 0.176. The second-order valence-electron chi connectivity index (χ2n) is 4.90. The molecule has 0 spiro atoms. The summed E-state index contributed by atoms with van der Waals surface area (Å²) in [6.45, 7) is 4.80. The van der Waals surface area contributed by atoms with E-state index in [1.54, 1.807) is 5.38 Å². The monoisotopic (exact) mass is 289 g/mol. The van der Waals surface area contributed by atoms with Gasteiger partial charge in [0.2, 0.25) is 0 Å². The van der Waals surface area contributed by atoms with E-state index in [0.29, 0.717) is 24.6 Å². The van der Waals surface area contributed by atoms with Gasteiger partial charge >= 0.3 is 0 Å². The third-order valence-electron chi connectivity index (χ3n) is 2.95. The van der Waals surface area contributed by atoms with Gasteiger partial charge in [-0.15, -0.1) is 11.3 Å². The van der Waals surface area contributed by atoms with Gasteiger partial charge in [-0.05, 0) is 30.2 Å². The Balaban J connectivity index is 2.08. The van der Waals surface area contributed by atoms with E-state index in [0.717, 1.165) is 10.7 Å². The molecule has 0 atom stereocenters. The Bertz CT molecular complexity index is 592. The largest absolute Gasteiger partial charge is 0.330 e. The summed E-state index contributed by atoms with van der Waals surface area (Å²) in [6, 6.07) is 7.89. The van der Waals surface area contributed by atoms with Gasteiger partial charge < -0.3 is 11.1 Å². The van der Waals surface area contributed by atoms with Crippen LogP contribution in [0.25, 0.3) is 0 Å². The topological polar surface area (TPSA) is 68.0 Å². The molecule has 4 nitrogen and oxygen atoms in total. The number of nitrogens with one attached hydrogen (secondary N) is 1. The smallest absolute Gasteiger partial charge is 0.275 e. The van der Waals surface area contributed by atoms with Gasteiger partial charge in [0.15, 0.2) is 0 Å². The Kier molecular flexibility index (Phi) is 4.87. The number of benzene rings is 1. The Hall–Kier alpha value is -1.72. The molecular formula is C15H19N3OS. The lowest BCUT2D eigenvalue weighted by Crippen LogP contribution is -2.13. The van der Waals surface area contributed by atoms with Crippen LogP contribution in [-0.4, -0.2) is 17.4 Å². The molecule has 0 aliphatic carbocycles. The van der Waals surface area contributed by atoms with Crippen LogP contribution in [0.2, 0.25) is 0 Å². The van der Waals surface area contributed by atoms with Crippen molar-refractivity contribution in [2.24, 2.45) is 5.73 Å². The minimum Gasteiger partial charge on any atom is -0.330 e. The summed E-state index contributed by atoms with van der Waals surface area (Å²) in [5.41, 5.74) is 7.93. The molecular weight excluding hydrogens is 270 g/mol. The van der Waals surface area contributed by atoms with Gasteiger partial charge in [-0.1, -0.05) is 26.0 Å². The van der Waals surface area contributed by atoms with Gasteiger partial charge in [-0.25, -0.2) is 4.98 Å². The van der Waals surface area contributed by atoms with Crippen molar-refractivity contribution in [2.45, 2.75) is 26.2 Å². The molecule has 0 radical (unpaired) electrons. The van der Waals surface area contributed by atoms with E-state index < -0.39 is 0 Å². The normalized spacial score (nSPS) is 10.8. The molecule has 0 bridgehead atoms. The molecule has 1 aromatic heterocycles. The van der Waals surface area contributed by atoms with Crippen molar-refractivity contribution >= 4 is 22.9 Å². The van der Waals surface area contributed by atoms with Gasteiger partial charge in [0.05, 0.1) is 5.01 Å². The number of thiazole rings is 1. The number of aromatic nitrogens is 1. The predicted molar refractivity (Wildman–Crippen MR) is 83.4 cm³/mol. The maximum Gasteiger partial charge on any atom is 0.275 e. The average molecular weight is 289 g/mol. The molecule has 2 aromatic rings. The highest BCUT2D eigenvalue weighted by Crippen LogP contribution is 2.19. The summed E-state index contributed by atoms with van der Waals surface area (Å²) in [4.78, 5) is 16.4. The van der Waals surface area contributed by atoms with E-state index in [2.05, 4.69) is 30.2 Å². The molecule has 0 aliphatic heterocycles. The molecule has 1 heterocycles. The first-order valence-electron chi connectivity index (χ1n) is 6.66. The van der Waals surface area contributed by atoms with Crippen LogP contribution in [0.1, 0.15) is 40.8 Å². The third kappa shape index (κ3) is 3.65. The van der Waals surface area contributed by atoms with Crippen molar-refractivity contribution in [2.75, 3.05) is 11.9 Å². The summed E-state index contributed by atoms with van der Waals surface area (Å²) in [7, 11) is 0. The lowest BCUT2D eigenvalue weighted by atomic mass is 10.0. The predicted octanol–water partition coefficient (Wildman–Crippen LogP) is 3.02. The van der Waals surface area contributed by atoms with Crippen LogP contribution in [0.5, 0.6) is 0 Å².